The molecule has 102 valence electrons. The Morgan fingerprint density at radius 1 is 1.21 bits per heavy atom. The maximum atomic E-state index is 5.59. The number of unbranched alkanes of at least 4 members (excludes halogenated alkanes) is 1. The topological polar surface area (TPSA) is 26.0 Å². The Balaban J connectivity index is 2.27. The molecule has 0 saturated heterocycles. The molecule has 1 heterocycles. The van der Waals surface area contributed by atoms with Crippen LogP contribution in [0.25, 0.3) is 0 Å². The van der Waals surface area contributed by atoms with Gasteiger partial charge in [-0.05, 0) is 0 Å². The van der Waals surface area contributed by atoms with Crippen LogP contribution in [0, 0.1) is 0 Å². The standard InChI is InChI=1S/C16H21NOSe/c1-4-5-11-14-16(15(12(2)3)18-17-14)19-13-9-7-6-8-10-13/h6-10,12H,4-5,11H2,1-3H3. The first-order valence-corrected chi connectivity index (χ1v) is 8.65. The van der Waals surface area contributed by atoms with E-state index in [9.17, 15) is 0 Å². The Hall–Kier alpha value is -1.05. The second-order valence-corrected chi connectivity index (χ2v) is 7.27. The number of aryl methyl sites for hydroxylation is 1. The molecule has 19 heavy (non-hydrogen) atoms. The van der Waals surface area contributed by atoms with Crippen molar-refractivity contribution in [2.75, 3.05) is 0 Å². The van der Waals surface area contributed by atoms with Crippen LogP contribution in [0.1, 0.15) is 51.0 Å². The van der Waals surface area contributed by atoms with Crippen LogP contribution < -0.4 is 8.92 Å². The van der Waals surface area contributed by atoms with Crippen molar-refractivity contribution in [3.05, 3.63) is 41.8 Å². The molecule has 3 heteroatoms. The Morgan fingerprint density at radius 3 is 2.58 bits per heavy atom. The van der Waals surface area contributed by atoms with Gasteiger partial charge in [0.05, 0.1) is 0 Å². The van der Waals surface area contributed by atoms with Gasteiger partial charge in [0.1, 0.15) is 0 Å². The van der Waals surface area contributed by atoms with E-state index in [2.05, 4.69) is 56.3 Å². The average Bonchev–Trinajstić information content (AvgIpc) is 2.80. The molecule has 0 fully saturated rings. The van der Waals surface area contributed by atoms with Crippen molar-refractivity contribution in [3.63, 3.8) is 0 Å². The van der Waals surface area contributed by atoms with Gasteiger partial charge < -0.3 is 0 Å². The fourth-order valence-corrected chi connectivity index (χ4v) is 4.35. The van der Waals surface area contributed by atoms with Crippen molar-refractivity contribution < 1.29 is 4.52 Å². The molecule has 0 saturated carbocycles. The summed E-state index contributed by atoms with van der Waals surface area (Å²) in [5.74, 6) is 1.48. The second kappa shape index (κ2) is 6.93. The number of aromatic nitrogens is 1. The van der Waals surface area contributed by atoms with Gasteiger partial charge in [0, 0.05) is 0 Å². The van der Waals surface area contributed by atoms with E-state index >= 15 is 0 Å². The minimum atomic E-state index is 0.296. The van der Waals surface area contributed by atoms with Gasteiger partial charge in [0.2, 0.25) is 0 Å². The molecule has 0 unspecified atom stereocenters. The summed E-state index contributed by atoms with van der Waals surface area (Å²) >= 11 is 0.296. The normalized spacial score (nSPS) is 11.2. The van der Waals surface area contributed by atoms with E-state index in [1.807, 2.05) is 0 Å². The first-order valence-electron chi connectivity index (χ1n) is 6.93. The van der Waals surface area contributed by atoms with Gasteiger partial charge >= 0.3 is 121 Å². The molecule has 0 atom stereocenters. The molecule has 0 aliphatic rings. The molecule has 0 amide bonds. The summed E-state index contributed by atoms with van der Waals surface area (Å²) in [6.07, 6.45) is 3.42. The van der Waals surface area contributed by atoms with Crippen LogP contribution in [0.15, 0.2) is 34.9 Å². The summed E-state index contributed by atoms with van der Waals surface area (Å²) in [6, 6.07) is 10.7. The van der Waals surface area contributed by atoms with Crippen molar-refractivity contribution in [1.29, 1.82) is 0 Å². The predicted octanol–water partition coefficient (Wildman–Crippen LogP) is 2.80. The summed E-state index contributed by atoms with van der Waals surface area (Å²) < 4.78 is 8.34. The fraction of sp³-hybridized carbons (Fsp3) is 0.438. The van der Waals surface area contributed by atoms with Crippen LogP contribution in [0.5, 0.6) is 0 Å². The first kappa shape index (κ1) is 14.4. The van der Waals surface area contributed by atoms with E-state index in [1.54, 1.807) is 0 Å². The van der Waals surface area contributed by atoms with E-state index in [-0.39, 0.29) is 0 Å². The Bertz CT molecular complexity index is 505. The monoisotopic (exact) mass is 323 g/mol. The van der Waals surface area contributed by atoms with Gasteiger partial charge in [-0.15, -0.1) is 0 Å². The molecule has 2 rings (SSSR count). The van der Waals surface area contributed by atoms with Crippen molar-refractivity contribution in [2.24, 2.45) is 0 Å². The van der Waals surface area contributed by atoms with Crippen LogP contribution in [-0.4, -0.2) is 20.1 Å². The molecule has 0 aliphatic heterocycles. The summed E-state index contributed by atoms with van der Waals surface area (Å²) in [6.45, 7) is 6.56. The molecule has 1 aromatic carbocycles. The molecule has 0 spiro atoms. The Kier molecular flexibility index (Phi) is 5.24. The quantitative estimate of drug-likeness (QED) is 0.765. The van der Waals surface area contributed by atoms with Gasteiger partial charge in [-0.1, -0.05) is 0 Å². The van der Waals surface area contributed by atoms with Gasteiger partial charge in [-0.2, -0.15) is 0 Å². The number of hydrogen-bond acceptors (Lipinski definition) is 2. The van der Waals surface area contributed by atoms with E-state index in [4.69, 9.17) is 4.52 Å². The zero-order valence-corrected chi connectivity index (χ0v) is 13.6. The molecule has 0 bridgehead atoms. The number of rotatable bonds is 6. The van der Waals surface area contributed by atoms with E-state index < -0.39 is 0 Å². The van der Waals surface area contributed by atoms with Crippen molar-refractivity contribution in [3.8, 4) is 0 Å². The zero-order chi connectivity index (χ0) is 13.7. The number of nitrogens with zero attached hydrogens (tertiary/aromatic N) is 1. The van der Waals surface area contributed by atoms with Crippen LogP contribution in [0.4, 0.5) is 0 Å². The zero-order valence-electron chi connectivity index (χ0n) is 11.8. The third-order valence-corrected chi connectivity index (χ3v) is 5.40. The van der Waals surface area contributed by atoms with Crippen LogP contribution >= 0.6 is 0 Å². The van der Waals surface area contributed by atoms with E-state index in [0.29, 0.717) is 20.9 Å². The van der Waals surface area contributed by atoms with Gasteiger partial charge in [-0.25, -0.2) is 0 Å². The summed E-state index contributed by atoms with van der Waals surface area (Å²) in [7, 11) is 0. The molecule has 2 aromatic rings. The van der Waals surface area contributed by atoms with Gasteiger partial charge in [-0.3, -0.25) is 0 Å². The molecule has 1 aromatic heterocycles. The molecule has 0 radical (unpaired) electrons. The molecule has 0 aliphatic carbocycles. The Labute approximate surface area is 121 Å². The van der Waals surface area contributed by atoms with Crippen molar-refractivity contribution in [1.82, 2.24) is 5.16 Å². The molecular weight excluding hydrogens is 301 g/mol. The second-order valence-electron chi connectivity index (χ2n) is 5.00. The fourth-order valence-electron chi connectivity index (χ4n) is 1.92. The number of hydrogen-bond donors (Lipinski definition) is 0. The summed E-state index contributed by atoms with van der Waals surface area (Å²) in [5, 5.41) is 4.31. The molecule has 2 nitrogen and oxygen atoms in total. The van der Waals surface area contributed by atoms with E-state index in [1.165, 1.54) is 27.5 Å². The average molecular weight is 322 g/mol. The van der Waals surface area contributed by atoms with Gasteiger partial charge in [0.15, 0.2) is 0 Å². The van der Waals surface area contributed by atoms with E-state index in [0.717, 1.165) is 12.2 Å². The molecular formula is C16H21NOSe. The minimum absolute atomic E-state index is 0.296. The van der Waals surface area contributed by atoms with Crippen LogP contribution in [0.2, 0.25) is 0 Å². The third-order valence-electron chi connectivity index (χ3n) is 2.99. The summed E-state index contributed by atoms with van der Waals surface area (Å²) in [4.78, 5) is 0. The predicted molar refractivity (Wildman–Crippen MR) is 80.7 cm³/mol. The first-order chi connectivity index (χ1) is 9.22. The Morgan fingerprint density at radius 2 is 1.95 bits per heavy atom. The third kappa shape index (κ3) is 3.71. The SMILES string of the molecule is CCCCc1noc(C(C)C)c1[Se]c1ccccc1. The molecule has 0 N–H and O–H groups in total. The van der Waals surface area contributed by atoms with Crippen LogP contribution in [0.3, 0.4) is 0 Å². The van der Waals surface area contributed by atoms with Crippen LogP contribution in [-0.2, 0) is 6.42 Å². The summed E-state index contributed by atoms with van der Waals surface area (Å²) in [5.41, 5.74) is 1.18. The van der Waals surface area contributed by atoms with Crippen molar-refractivity contribution >= 4 is 23.9 Å². The van der Waals surface area contributed by atoms with Crippen molar-refractivity contribution in [2.45, 2.75) is 46.0 Å². The number of benzene rings is 1. The van der Waals surface area contributed by atoms with Gasteiger partial charge in [0.25, 0.3) is 0 Å². The maximum absolute atomic E-state index is 5.59.